The van der Waals surface area contributed by atoms with Gasteiger partial charge in [0.2, 0.25) is 0 Å². The van der Waals surface area contributed by atoms with Crippen molar-refractivity contribution < 1.29 is 4.57 Å². The molecule has 0 aromatic heterocycles. The summed E-state index contributed by atoms with van der Waals surface area (Å²) >= 11 is 0. The monoisotopic (exact) mass is 258 g/mol. The van der Waals surface area contributed by atoms with Crippen molar-refractivity contribution in [2.24, 2.45) is 0 Å². The molecule has 1 aromatic rings. The highest BCUT2D eigenvalue weighted by molar-refractivity contribution is 7.25. The van der Waals surface area contributed by atoms with E-state index in [2.05, 4.69) is 12.1 Å². The van der Waals surface area contributed by atoms with E-state index in [0.29, 0.717) is 29.5 Å². The van der Waals surface area contributed by atoms with Crippen molar-refractivity contribution in [1.29, 1.82) is 10.5 Å². The molecule has 0 aliphatic carbocycles. The average Bonchev–Trinajstić information content (AvgIpc) is 2.42. The van der Waals surface area contributed by atoms with Gasteiger partial charge >= 0.3 is 0 Å². The van der Waals surface area contributed by atoms with Crippen molar-refractivity contribution in [3.05, 3.63) is 34.4 Å². The van der Waals surface area contributed by atoms with E-state index in [0.717, 1.165) is 5.56 Å². The summed E-state index contributed by atoms with van der Waals surface area (Å²) in [5.74, 6) is 0. The minimum absolute atomic E-state index is 0.0330. The van der Waals surface area contributed by atoms with E-state index >= 15 is 0 Å². The Balaban J connectivity index is 3.58. The van der Waals surface area contributed by atoms with Crippen molar-refractivity contribution in [1.82, 2.24) is 0 Å². The molecule has 18 heavy (non-hydrogen) atoms. The van der Waals surface area contributed by atoms with Crippen LogP contribution in [-0.4, -0.2) is 0 Å². The van der Waals surface area contributed by atoms with Gasteiger partial charge in [-0.3, -0.25) is 4.57 Å². The Bertz CT molecular complexity index is 513. The standard InChI is InChI=1S/C14H15N2OP/c1-4-14(5-2,18-17)13-6-11(8-15)10(3)12(7-13)9-16/h6-7H,4-5H2,1-3H3. The third-order valence-electron chi connectivity index (χ3n) is 3.53. The topological polar surface area (TPSA) is 64.7 Å². The number of rotatable bonds is 4. The fraction of sp³-hybridized carbons (Fsp3) is 0.429. The summed E-state index contributed by atoms with van der Waals surface area (Å²) in [6, 6.07) is 7.71. The molecule has 92 valence electrons. The first-order valence-corrected chi connectivity index (χ1v) is 6.69. The van der Waals surface area contributed by atoms with Crippen LogP contribution in [0.5, 0.6) is 0 Å². The second-order valence-electron chi connectivity index (χ2n) is 4.25. The van der Waals surface area contributed by atoms with Gasteiger partial charge in [0.25, 0.3) is 0 Å². The van der Waals surface area contributed by atoms with Crippen LogP contribution in [0.25, 0.3) is 0 Å². The zero-order chi connectivity index (χ0) is 13.8. The maximum Gasteiger partial charge on any atom is 0.166 e. The molecule has 0 heterocycles. The van der Waals surface area contributed by atoms with E-state index in [1.54, 1.807) is 19.1 Å². The molecule has 0 amide bonds. The summed E-state index contributed by atoms with van der Waals surface area (Å²) in [5.41, 5.74) is 2.47. The van der Waals surface area contributed by atoms with Gasteiger partial charge in [-0.1, -0.05) is 13.8 Å². The first kappa shape index (κ1) is 14.4. The average molecular weight is 258 g/mol. The van der Waals surface area contributed by atoms with E-state index in [9.17, 15) is 4.57 Å². The molecule has 4 heteroatoms. The van der Waals surface area contributed by atoms with E-state index in [4.69, 9.17) is 10.5 Å². The molecule has 0 spiro atoms. The summed E-state index contributed by atoms with van der Waals surface area (Å²) in [5, 5.41) is 17.7. The normalized spacial score (nSPS) is 10.9. The number of hydrogen-bond donors (Lipinski definition) is 0. The molecule has 0 saturated carbocycles. The summed E-state index contributed by atoms with van der Waals surface area (Å²) < 4.78 is 11.5. The van der Waals surface area contributed by atoms with Crippen LogP contribution in [-0.2, 0) is 9.72 Å². The smallest absolute Gasteiger partial charge is 0.166 e. The Morgan fingerprint density at radius 1 is 1.17 bits per heavy atom. The molecule has 0 fully saturated rings. The Morgan fingerprint density at radius 3 is 1.89 bits per heavy atom. The van der Waals surface area contributed by atoms with Crippen LogP contribution < -0.4 is 0 Å². The second kappa shape index (κ2) is 5.76. The predicted molar refractivity (Wildman–Crippen MR) is 70.5 cm³/mol. The fourth-order valence-corrected chi connectivity index (χ4v) is 2.55. The van der Waals surface area contributed by atoms with Gasteiger partial charge < -0.3 is 0 Å². The van der Waals surface area contributed by atoms with Gasteiger partial charge in [0.15, 0.2) is 8.46 Å². The lowest BCUT2D eigenvalue weighted by Crippen LogP contribution is -2.17. The third kappa shape index (κ3) is 2.28. The lowest BCUT2D eigenvalue weighted by molar-refractivity contribution is 0.521. The minimum atomic E-state index is -0.495. The molecule has 0 unspecified atom stereocenters. The van der Waals surface area contributed by atoms with Crippen molar-refractivity contribution in [2.75, 3.05) is 0 Å². The fourth-order valence-electron chi connectivity index (χ4n) is 2.06. The zero-order valence-electron chi connectivity index (χ0n) is 10.8. The highest BCUT2D eigenvalue weighted by atomic mass is 31.1. The van der Waals surface area contributed by atoms with Gasteiger partial charge in [0.05, 0.1) is 28.4 Å². The SMILES string of the molecule is CCC(CC)(P=O)c1cc(C#N)c(C)c(C#N)c1. The Morgan fingerprint density at radius 2 is 1.61 bits per heavy atom. The Hall–Kier alpha value is -1.70. The van der Waals surface area contributed by atoms with Gasteiger partial charge in [0, 0.05) is 0 Å². The molecule has 0 aliphatic rings. The number of benzene rings is 1. The first-order chi connectivity index (χ1) is 8.58. The van der Waals surface area contributed by atoms with E-state index in [1.165, 1.54) is 0 Å². The second-order valence-corrected chi connectivity index (χ2v) is 5.29. The Labute approximate surface area is 109 Å². The van der Waals surface area contributed by atoms with Crippen LogP contribution in [0.3, 0.4) is 0 Å². The van der Waals surface area contributed by atoms with Crippen LogP contribution in [0.1, 0.15) is 48.9 Å². The van der Waals surface area contributed by atoms with Crippen LogP contribution >= 0.6 is 8.46 Å². The van der Waals surface area contributed by atoms with Crippen molar-refractivity contribution in [3.63, 3.8) is 0 Å². The minimum Gasteiger partial charge on any atom is -0.274 e. The van der Waals surface area contributed by atoms with E-state index < -0.39 is 5.16 Å². The molecule has 0 radical (unpaired) electrons. The number of nitrogens with zero attached hydrogens (tertiary/aromatic N) is 2. The van der Waals surface area contributed by atoms with Crippen LogP contribution in [0.4, 0.5) is 0 Å². The molecule has 1 aromatic carbocycles. The highest BCUT2D eigenvalue weighted by Crippen LogP contribution is 2.42. The summed E-state index contributed by atoms with van der Waals surface area (Å²) in [6.07, 6.45) is 1.40. The zero-order valence-corrected chi connectivity index (χ0v) is 11.7. The molecule has 0 aliphatic heterocycles. The Kier molecular flexibility index (Phi) is 4.60. The van der Waals surface area contributed by atoms with E-state index in [-0.39, 0.29) is 8.46 Å². The highest BCUT2D eigenvalue weighted by Gasteiger charge is 2.30. The maximum atomic E-state index is 11.5. The van der Waals surface area contributed by atoms with E-state index in [1.807, 2.05) is 13.8 Å². The van der Waals surface area contributed by atoms with Gasteiger partial charge in [-0.05, 0) is 43.0 Å². The van der Waals surface area contributed by atoms with Crippen LogP contribution in [0, 0.1) is 29.6 Å². The lowest BCUT2D eigenvalue weighted by Gasteiger charge is -2.25. The molecule has 0 N–H and O–H groups in total. The van der Waals surface area contributed by atoms with Gasteiger partial charge in [-0.2, -0.15) is 10.5 Å². The van der Waals surface area contributed by atoms with Crippen molar-refractivity contribution >= 4 is 8.46 Å². The predicted octanol–water partition coefficient (Wildman–Crippen LogP) is 4.05. The quantitative estimate of drug-likeness (QED) is 0.765. The first-order valence-electron chi connectivity index (χ1n) is 5.88. The molecule has 0 saturated heterocycles. The molecular formula is C14H15N2OP. The summed E-state index contributed by atoms with van der Waals surface area (Å²) in [6.45, 7) is 5.69. The molecular weight excluding hydrogens is 243 g/mol. The molecule has 1 rings (SSSR count). The molecule has 0 atom stereocenters. The summed E-state index contributed by atoms with van der Waals surface area (Å²) in [7, 11) is 0.0330. The summed E-state index contributed by atoms with van der Waals surface area (Å²) in [4.78, 5) is 0. The molecule has 0 bridgehead atoms. The lowest BCUT2D eigenvalue weighted by atomic mass is 9.88. The van der Waals surface area contributed by atoms with Gasteiger partial charge in [-0.25, -0.2) is 0 Å². The number of nitriles is 2. The third-order valence-corrected chi connectivity index (χ3v) is 4.77. The van der Waals surface area contributed by atoms with Crippen molar-refractivity contribution in [3.8, 4) is 12.1 Å². The number of hydrogen-bond acceptors (Lipinski definition) is 3. The van der Waals surface area contributed by atoms with Crippen LogP contribution in [0.2, 0.25) is 0 Å². The molecule has 3 nitrogen and oxygen atoms in total. The van der Waals surface area contributed by atoms with Crippen molar-refractivity contribution in [2.45, 2.75) is 38.8 Å². The van der Waals surface area contributed by atoms with Gasteiger partial charge in [-0.15, -0.1) is 0 Å². The van der Waals surface area contributed by atoms with Crippen LogP contribution in [0.15, 0.2) is 12.1 Å². The van der Waals surface area contributed by atoms with Gasteiger partial charge in [0.1, 0.15) is 0 Å². The maximum absolute atomic E-state index is 11.5. The largest absolute Gasteiger partial charge is 0.274 e.